The van der Waals surface area contributed by atoms with Crippen molar-refractivity contribution in [3.63, 3.8) is 0 Å². The van der Waals surface area contributed by atoms with Crippen LogP contribution in [0.15, 0.2) is 0 Å². The molecule has 0 aromatic heterocycles. The summed E-state index contributed by atoms with van der Waals surface area (Å²) in [6.45, 7) is 3.44. The summed E-state index contributed by atoms with van der Waals surface area (Å²) >= 11 is 0. The largest absolute Gasteiger partial charge is 0.481 e. The smallest absolute Gasteiger partial charge is 0.303 e. The maximum absolute atomic E-state index is 11.8. The number of nitrogens with one attached hydrogen (secondary N) is 2. The number of sulfonamides is 1. The summed E-state index contributed by atoms with van der Waals surface area (Å²) in [6.07, 6.45) is 4.16. The van der Waals surface area contributed by atoms with Crippen LogP contribution in [0.3, 0.4) is 0 Å². The quantitative estimate of drug-likeness (QED) is 0.508. The third-order valence-electron chi connectivity index (χ3n) is 2.61. The lowest BCUT2D eigenvalue weighted by Crippen LogP contribution is -2.54. The van der Waals surface area contributed by atoms with E-state index in [0.717, 1.165) is 25.5 Å². The van der Waals surface area contributed by atoms with Crippen molar-refractivity contribution in [3.05, 3.63) is 0 Å². The van der Waals surface area contributed by atoms with Crippen molar-refractivity contribution in [2.75, 3.05) is 12.8 Å². The van der Waals surface area contributed by atoms with Gasteiger partial charge in [0, 0.05) is 13.0 Å². The van der Waals surface area contributed by atoms with Crippen LogP contribution in [0.25, 0.3) is 0 Å². The van der Waals surface area contributed by atoms with E-state index in [1.807, 2.05) is 0 Å². The van der Waals surface area contributed by atoms with Crippen LogP contribution in [0.5, 0.6) is 0 Å². The van der Waals surface area contributed by atoms with Gasteiger partial charge in [0.05, 0.1) is 6.26 Å². The van der Waals surface area contributed by atoms with E-state index in [2.05, 4.69) is 10.0 Å². The minimum atomic E-state index is -3.44. The molecular weight excluding hydrogens is 284 g/mol. The summed E-state index contributed by atoms with van der Waals surface area (Å²) in [6, 6.07) is 0. The van der Waals surface area contributed by atoms with E-state index in [1.54, 1.807) is 0 Å². The van der Waals surface area contributed by atoms with E-state index in [9.17, 15) is 18.0 Å². The molecule has 0 heterocycles. The van der Waals surface area contributed by atoms with Crippen LogP contribution in [0, 0.1) is 0 Å². The molecular formula is C12H24N2O5S. The average Bonchev–Trinajstić information content (AvgIpc) is 2.23. The van der Waals surface area contributed by atoms with Crippen LogP contribution >= 0.6 is 0 Å². The summed E-state index contributed by atoms with van der Waals surface area (Å²) in [5, 5.41) is 11.1. The second-order valence-corrected chi connectivity index (χ2v) is 7.06. The molecule has 0 atom stereocenters. The number of hydrogen-bond acceptors (Lipinski definition) is 4. The lowest BCUT2D eigenvalue weighted by Gasteiger charge is -2.23. The Labute approximate surface area is 120 Å². The zero-order valence-corrected chi connectivity index (χ0v) is 13.0. The Kier molecular flexibility index (Phi) is 7.74. The summed E-state index contributed by atoms with van der Waals surface area (Å²) in [5.74, 6) is -1.18. The van der Waals surface area contributed by atoms with Crippen LogP contribution in [0.2, 0.25) is 0 Å². The van der Waals surface area contributed by atoms with Crippen LogP contribution in [-0.2, 0) is 19.6 Å². The highest BCUT2D eigenvalue weighted by Gasteiger charge is 2.30. The average molecular weight is 308 g/mol. The minimum absolute atomic E-state index is 0.164. The van der Waals surface area contributed by atoms with Crippen molar-refractivity contribution in [2.24, 2.45) is 0 Å². The Bertz CT molecular complexity index is 431. The zero-order chi connectivity index (χ0) is 15.8. The van der Waals surface area contributed by atoms with Crippen molar-refractivity contribution in [1.29, 1.82) is 0 Å². The van der Waals surface area contributed by atoms with Crippen molar-refractivity contribution in [1.82, 2.24) is 10.0 Å². The Balaban J connectivity index is 3.85. The lowest BCUT2D eigenvalue weighted by atomic mass is 10.1. The Morgan fingerprint density at radius 3 is 2.15 bits per heavy atom. The minimum Gasteiger partial charge on any atom is -0.481 e. The van der Waals surface area contributed by atoms with Crippen molar-refractivity contribution in [3.8, 4) is 0 Å². The molecule has 0 radical (unpaired) electrons. The predicted octanol–water partition coefficient (Wildman–Crippen LogP) is 0.466. The number of carbonyl (C=O) groups excluding carboxylic acids is 1. The normalized spacial score (nSPS) is 12.2. The molecule has 7 nitrogen and oxygen atoms in total. The van der Waals surface area contributed by atoms with Crippen molar-refractivity contribution in [2.45, 2.75) is 51.5 Å². The Morgan fingerprint density at radius 2 is 1.65 bits per heavy atom. The van der Waals surface area contributed by atoms with Crippen molar-refractivity contribution >= 4 is 21.9 Å². The molecule has 0 fully saturated rings. The highest BCUT2D eigenvalue weighted by atomic mass is 32.2. The Morgan fingerprint density at radius 1 is 1.10 bits per heavy atom. The molecule has 8 heteroatoms. The molecule has 0 aliphatic rings. The number of aliphatic carboxylic acids is 1. The maximum atomic E-state index is 11.8. The molecule has 1 amide bonds. The Hall–Kier alpha value is -1.15. The second-order valence-electron chi connectivity index (χ2n) is 5.31. The van der Waals surface area contributed by atoms with Gasteiger partial charge in [0.15, 0.2) is 0 Å². The van der Waals surface area contributed by atoms with E-state index < -0.39 is 21.5 Å². The van der Waals surface area contributed by atoms with E-state index >= 15 is 0 Å². The van der Waals surface area contributed by atoms with Crippen LogP contribution in [0.1, 0.15) is 46.0 Å². The van der Waals surface area contributed by atoms with E-state index in [4.69, 9.17) is 5.11 Å². The molecule has 0 bridgehead atoms. The third kappa shape index (κ3) is 9.74. The van der Waals surface area contributed by atoms with Crippen LogP contribution in [-0.4, -0.2) is 43.7 Å². The fourth-order valence-corrected chi connectivity index (χ4v) is 2.71. The summed E-state index contributed by atoms with van der Waals surface area (Å²) in [7, 11) is -3.44. The van der Waals surface area contributed by atoms with E-state index in [-0.39, 0.29) is 12.3 Å². The zero-order valence-electron chi connectivity index (χ0n) is 12.2. The number of carboxylic acid groups (broad SMARTS) is 1. The standard InChI is InChI=1S/C12H24N2O5S/c1-12(2,14-20(3,18)19)11(17)13-9-7-5-4-6-8-10(15)16/h14H,4-9H2,1-3H3,(H,13,17)(H,15,16). The molecule has 118 valence electrons. The van der Waals surface area contributed by atoms with E-state index in [1.165, 1.54) is 13.8 Å². The molecule has 0 aromatic carbocycles. The third-order valence-corrected chi connectivity index (χ3v) is 3.49. The molecule has 0 aliphatic heterocycles. The van der Waals surface area contributed by atoms with Crippen LogP contribution < -0.4 is 10.0 Å². The fraction of sp³-hybridized carbons (Fsp3) is 0.833. The maximum Gasteiger partial charge on any atom is 0.303 e. The summed E-state index contributed by atoms with van der Waals surface area (Å²) in [4.78, 5) is 22.1. The molecule has 0 spiro atoms. The van der Waals surface area contributed by atoms with Gasteiger partial charge in [-0.05, 0) is 26.7 Å². The molecule has 0 saturated heterocycles. The second kappa shape index (κ2) is 8.21. The predicted molar refractivity (Wildman–Crippen MR) is 75.8 cm³/mol. The first-order valence-electron chi connectivity index (χ1n) is 6.53. The molecule has 0 aliphatic carbocycles. The van der Waals surface area contributed by atoms with Gasteiger partial charge in [-0.2, -0.15) is 0 Å². The molecule has 3 N–H and O–H groups in total. The molecule has 20 heavy (non-hydrogen) atoms. The first-order chi connectivity index (χ1) is 9.04. The highest BCUT2D eigenvalue weighted by Crippen LogP contribution is 2.05. The lowest BCUT2D eigenvalue weighted by molar-refractivity contribution is -0.137. The number of carbonyl (C=O) groups is 2. The first-order valence-corrected chi connectivity index (χ1v) is 8.43. The number of unbranched alkanes of at least 4 members (excludes halogenated alkanes) is 3. The number of carboxylic acids is 1. The van der Waals surface area contributed by atoms with Gasteiger partial charge < -0.3 is 10.4 Å². The summed E-state index contributed by atoms with van der Waals surface area (Å²) in [5.41, 5.74) is -1.18. The monoisotopic (exact) mass is 308 g/mol. The van der Waals surface area contributed by atoms with Crippen LogP contribution in [0.4, 0.5) is 0 Å². The van der Waals surface area contributed by atoms with Gasteiger partial charge in [0.2, 0.25) is 15.9 Å². The van der Waals surface area contributed by atoms with Crippen molar-refractivity contribution < 1.29 is 23.1 Å². The van der Waals surface area contributed by atoms with Gasteiger partial charge >= 0.3 is 5.97 Å². The number of amides is 1. The van der Waals surface area contributed by atoms with Gasteiger partial charge in [-0.1, -0.05) is 12.8 Å². The van der Waals surface area contributed by atoms with Gasteiger partial charge in [-0.25, -0.2) is 13.1 Å². The fourth-order valence-electron chi connectivity index (χ4n) is 1.69. The van der Waals surface area contributed by atoms with Gasteiger partial charge in [0.25, 0.3) is 0 Å². The number of hydrogen-bond donors (Lipinski definition) is 3. The number of rotatable bonds is 10. The molecule has 0 saturated carbocycles. The molecule has 0 aromatic rings. The SMILES string of the molecule is CC(C)(NS(C)(=O)=O)C(=O)NCCCCCCC(=O)O. The highest BCUT2D eigenvalue weighted by molar-refractivity contribution is 7.88. The topological polar surface area (TPSA) is 113 Å². The molecule has 0 rings (SSSR count). The molecule has 0 unspecified atom stereocenters. The van der Waals surface area contributed by atoms with E-state index in [0.29, 0.717) is 13.0 Å². The first kappa shape index (κ1) is 18.9. The van der Waals surface area contributed by atoms with Gasteiger partial charge in [0.1, 0.15) is 5.54 Å². The van der Waals surface area contributed by atoms with Gasteiger partial charge in [-0.15, -0.1) is 0 Å². The van der Waals surface area contributed by atoms with Gasteiger partial charge in [-0.3, -0.25) is 9.59 Å². The summed E-state index contributed by atoms with van der Waals surface area (Å²) < 4.78 is 24.5.